The highest BCUT2D eigenvalue weighted by Gasteiger charge is 2.23. The minimum atomic E-state index is -1.15. The van der Waals surface area contributed by atoms with Crippen molar-refractivity contribution in [1.29, 1.82) is 0 Å². The van der Waals surface area contributed by atoms with Gasteiger partial charge in [0.15, 0.2) is 11.5 Å². The van der Waals surface area contributed by atoms with Crippen LogP contribution in [0.25, 0.3) is 10.9 Å². The Morgan fingerprint density at radius 1 is 0.889 bits per heavy atom. The van der Waals surface area contributed by atoms with Crippen molar-refractivity contribution in [2.24, 2.45) is 0 Å². The number of para-hydroxylation sites is 1. The first kappa shape index (κ1) is 24.3. The van der Waals surface area contributed by atoms with E-state index in [9.17, 15) is 19.5 Å². The summed E-state index contributed by atoms with van der Waals surface area (Å²) in [6.07, 6.45) is 0.123. The van der Waals surface area contributed by atoms with Crippen molar-refractivity contribution in [2.75, 3.05) is 19.5 Å². The summed E-state index contributed by atoms with van der Waals surface area (Å²) in [6.45, 7) is 0. The zero-order chi connectivity index (χ0) is 25.7. The molecule has 4 aromatic rings. The number of carbonyl (C=O) groups excluding carboxylic acids is 2. The van der Waals surface area contributed by atoms with Crippen LogP contribution in [0.15, 0.2) is 72.8 Å². The number of anilines is 1. The smallest absolute Gasteiger partial charge is 0.326 e. The Labute approximate surface area is 207 Å². The molecular weight excluding hydrogens is 462 g/mol. The summed E-state index contributed by atoms with van der Waals surface area (Å²) < 4.78 is 10.6. The van der Waals surface area contributed by atoms with Gasteiger partial charge in [0, 0.05) is 23.4 Å². The first-order valence-electron chi connectivity index (χ1n) is 11.1. The van der Waals surface area contributed by atoms with Crippen LogP contribution in [0, 0.1) is 0 Å². The molecule has 9 nitrogen and oxygen atoms in total. The number of methoxy groups -OCH3 is 2. The first-order valence-corrected chi connectivity index (χ1v) is 11.1. The van der Waals surface area contributed by atoms with Crippen LogP contribution < -0.4 is 20.1 Å². The Morgan fingerprint density at radius 3 is 2.25 bits per heavy atom. The minimum absolute atomic E-state index is 0.123. The molecule has 1 aromatic heterocycles. The second-order valence-corrected chi connectivity index (χ2v) is 8.03. The molecule has 36 heavy (non-hydrogen) atoms. The van der Waals surface area contributed by atoms with Gasteiger partial charge in [-0.15, -0.1) is 0 Å². The average Bonchev–Trinajstić information content (AvgIpc) is 3.31. The summed E-state index contributed by atoms with van der Waals surface area (Å²) in [6, 6.07) is 19.4. The van der Waals surface area contributed by atoms with Crippen molar-refractivity contribution >= 4 is 34.4 Å². The molecule has 0 saturated carbocycles. The molecule has 1 unspecified atom stereocenters. The first-order chi connectivity index (χ1) is 17.4. The monoisotopic (exact) mass is 487 g/mol. The van der Waals surface area contributed by atoms with Crippen LogP contribution in [0.1, 0.15) is 26.4 Å². The van der Waals surface area contributed by atoms with E-state index in [0.29, 0.717) is 17.0 Å². The molecule has 0 bridgehead atoms. The minimum Gasteiger partial charge on any atom is -0.493 e. The number of rotatable bonds is 9. The van der Waals surface area contributed by atoms with Crippen LogP contribution in [-0.4, -0.2) is 48.1 Å². The lowest BCUT2D eigenvalue weighted by Gasteiger charge is -2.16. The van der Waals surface area contributed by atoms with Gasteiger partial charge in [0.2, 0.25) is 0 Å². The molecular formula is C27H25N3O6. The van der Waals surface area contributed by atoms with E-state index in [2.05, 4.69) is 15.6 Å². The highest BCUT2D eigenvalue weighted by molar-refractivity contribution is 6.10. The molecule has 1 heterocycles. The van der Waals surface area contributed by atoms with Crippen LogP contribution in [0.2, 0.25) is 0 Å². The van der Waals surface area contributed by atoms with Gasteiger partial charge in [-0.1, -0.05) is 42.5 Å². The third-order valence-electron chi connectivity index (χ3n) is 5.68. The van der Waals surface area contributed by atoms with Gasteiger partial charge >= 0.3 is 5.97 Å². The van der Waals surface area contributed by atoms with Crippen LogP contribution in [0.5, 0.6) is 11.5 Å². The number of fused-ring (bicyclic) bond motifs is 1. The fraction of sp³-hybridized carbons (Fsp3) is 0.148. The van der Waals surface area contributed by atoms with Gasteiger partial charge in [-0.25, -0.2) is 4.79 Å². The van der Waals surface area contributed by atoms with Gasteiger partial charge < -0.3 is 30.2 Å². The van der Waals surface area contributed by atoms with Gasteiger partial charge in [0.1, 0.15) is 11.7 Å². The lowest BCUT2D eigenvalue weighted by Crippen LogP contribution is -2.42. The molecule has 0 aliphatic heterocycles. The number of aromatic nitrogens is 1. The Bertz CT molecular complexity index is 1370. The number of aromatic amines is 1. The van der Waals surface area contributed by atoms with E-state index in [1.807, 2.05) is 6.07 Å². The number of nitrogens with one attached hydrogen (secondary N) is 3. The van der Waals surface area contributed by atoms with Crippen LogP contribution in [0.4, 0.5) is 5.69 Å². The van der Waals surface area contributed by atoms with Crippen molar-refractivity contribution in [2.45, 2.75) is 12.5 Å². The van der Waals surface area contributed by atoms with Crippen molar-refractivity contribution in [1.82, 2.24) is 10.3 Å². The van der Waals surface area contributed by atoms with E-state index in [0.717, 1.165) is 10.9 Å². The summed E-state index contributed by atoms with van der Waals surface area (Å²) in [5, 5.41) is 15.7. The zero-order valence-electron chi connectivity index (χ0n) is 19.7. The topological polar surface area (TPSA) is 130 Å². The molecule has 4 rings (SSSR count). The summed E-state index contributed by atoms with van der Waals surface area (Å²) in [7, 11) is 3.05. The van der Waals surface area contributed by atoms with E-state index in [1.165, 1.54) is 20.3 Å². The molecule has 0 fully saturated rings. The highest BCUT2D eigenvalue weighted by Crippen LogP contribution is 2.32. The van der Waals surface area contributed by atoms with Crippen LogP contribution in [-0.2, 0) is 11.2 Å². The number of carboxylic acids is 1. The summed E-state index contributed by atoms with van der Waals surface area (Å²) in [5.41, 5.74) is 2.11. The number of benzene rings is 3. The normalized spacial score (nSPS) is 11.5. The van der Waals surface area contributed by atoms with Gasteiger partial charge in [-0.05, 0) is 29.8 Å². The second-order valence-electron chi connectivity index (χ2n) is 8.03. The maximum atomic E-state index is 13.0. The Balaban J connectivity index is 1.54. The summed E-state index contributed by atoms with van der Waals surface area (Å²) in [5.74, 6) is -1.19. The fourth-order valence-corrected chi connectivity index (χ4v) is 3.85. The van der Waals surface area contributed by atoms with Crippen LogP contribution >= 0.6 is 0 Å². The maximum absolute atomic E-state index is 13.0. The fourth-order valence-electron chi connectivity index (χ4n) is 3.85. The molecule has 0 aliphatic rings. The lowest BCUT2D eigenvalue weighted by atomic mass is 10.1. The number of aliphatic carboxylic acids is 1. The predicted molar refractivity (Wildman–Crippen MR) is 135 cm³/mol. The van der Waals surface area contributed by atoms with E-state index < -0.39 is 23.8 Å². The molecule has 0 spiro atoms. The average molecular weight is 488 g/mol. The molecule has 2 amide bonds. The largest absolute Gasteiger partial charge is 0.493 e. The Hall–Kier alpha value is -4.79. The number of ether oxygens (including phenoxy) is 2. The Morgan fingerprint density at radius 2 is 1.56 bits per heavy atom. The van der Waals surface area contributed by atoms with Gasteiger partial charge in [-0.3, -0.25) is 9.59 Å². The molecule has 184 valence electrons. The number of amides is 2. The SMILES string of the molecule is COc1cc2cc(C(=O)Nc3ccccc3C(=O)NC(Cc3ccccc3)C(=O)O)[nH]c2cc1OC. The van der Waals surface area contributed by atoms with Crippen molar-refractivity contribution in [3.05, 3.63) is 89.6 Å². The summed E-state index contributed by atoms with van der Waals surface area (Å²) >= 11 is 0. The molecule has 9 heteroatoms. The maximum Gasteiger partial charge on any atom is 0.326 e. The third kappa shape index (κ3) is 5.30. The van der Waals surface area contributed by atoms with Crippen LogP contribution in [0.3, 0.4) is 0 Å². The van der Waals surface area contributed by atoms with Gasteiger partial charge in [0.25, 0.3) is 11.8 Å². The third-order valence-corrected chi connectivity index (χ3v) is 5.68. The molecule has 1 atom stereocenters. The molecule has 0 aliphatic carbocycles. The van der Waals surface area contributed by atoms with E-state index in [-0.39, 0.29) is 23.4 Å². The highest BCUT2D eigenvalue weighted by atomic mass is 16.5. The quantitative estimate of drug-likeness (QED) is 0.284. The van der Waals surface area contributed by atoms with Crippen molar-refractivity contribution in [3.63, 3.8) is 0 Å². The predicted octanol–water partition coefficient (Wildman–Crippen LogP) is 3.86. The number of H-pyrrole nitrogens is 1. The number of hydrogen-bond acceptors (Lipinski definition) is 5. The molecule has 4 N–H and O–H groups in total. The Kier molecular flexibility index (Phi) is 7.20. The van der Waals surface area contributed by atoms with Gasteiger partial charge in [0.05, 0.1) is 25.5 Å². The standard InChI is InChI=1S/C27H25N3O6/c1-35-23-14-17-13-21(28-20(17)15-24(23)36-2)26(32)29-19-11-7-6-10-18(19)25(31)30-22(27(33)34)12-16-8-4-3-5-9-16/h3-11,13-15,22,28H,12H2,1-2H3,(H,29,32)(H,30,31)(H,33,34). The van der Waals surface area contributed by atoms with Crippen molar-refractivity contribution in [3.8, 4) is 11.5 Å². The second kappa shape index (κ2) is 10.6. The molecule has 0 saturated heterocycles. The molecule has 3 aromatic carbocycles. The van der Waals surface area contributed by atoms with E-state index in [4.69, 9.17) is 9.47 Å². The number of hydrogen-bond donors (Lipinski definition) is 4. The van der Waals surface area contributed by atoms with Crippen molar-refractivity contribution < 1.29 is 29.0 Å². The van der Waals surface area contributed by atoms with Gasteiger partial charge in [-0.2, -0.15) is 0 Å². The van der Waals surface area contributed by atoms with E-state index in [1.54, 1.807) is 60.7 Å². The van der Waals surface area contributed by atoms with E-state index >= 15 is 0 Å². The number of carbonyl (C=O) groups is 3. The zero-order valence-corrected chi connectivity index (χ0v) is 19.7. The number of carboxylic acid groups (broad SMARTS) is 1. The summed E-state index contributed by atoms with van der Waals surface area (Å²) in [4.78, 5) is 40.8. The lowest BCUT2D eigenvalue weighted by molar-refractivity contribution is -0.139. The molecule has 0 radical (unpaired) electrons.